The second-order valence-electron chi connectivity index (χ2n) is 7.78. The Morgan fingerprint density at radius 3 is 2.76 bits per heavy atom. The maximum atomic E-state index is 12.8. The summed E-state index contributed by atoms with van der Waals surface area (Å²) in [6.45, 7) is 4.66. The lowest BCUT2D eigenvalue weighted by molar-refractivity contribution is -0.146. The van der Waals surface area contributed by atoms with Crippen molar-refractivity contribution in [2.24, 2.45) is 0 Å². The molecule has 4 rings (SSSR count). The van der Waals surface area contributed by atoms with Crippen LogP contribution >= 0.6 is 11.3 Å². The molecule has 1 aromatic carbocycles. The number of Topliss-reactive ketones (excluding diaryl/α,β-unsaturated/α-hetero) is 1. The summed E-state index contributed by atoms with van der Waals surface area (Å²) < 4.78 is 7.24. The number of nitrogens with zero attached hydrogens (tertiary/aromatic N) is 2. The van der Waals surface area contributed by atoms with E-state index < -0.39 is 18.6 Å². The Morgan fingerprint density at radius 1 is 1.24 bits per heavy atom. The van der Waals surface area contributed by atoms with Crippen molar-refractivity contribution in [3.8, 4) is 5.13 Å². The average molecular weight is 465 g/mol. The molecule has 0 saturated heterocycles. The Labute approximate surface area is 194 Å². The maximum absolute atomic E-state index is 12.8. The molecular formula is C24H24N4O4S. The summed E-state index contributed by atoms with van der Waals surface area (Å²) in [4.78, 5) is 44.8. The standard InChI is InChI=1S/C24H24N4O4S/c1-14-10-19(15(2)28(14)24-25-8-9-33-24)22(30)13-32-23(31)21(27-16(3)29)11-17-12-26-20-7-5-4-6-18(17)20/h4-10,12,21,26H,11,13H2,1-3H3,(H,27,29). The third-order valence-electron chi connectivity index (χ3n) is 5.45. The van der Waals surface area contributed by atoms with Gasteiger partial charge in [0.25, 0.3) is 0 Å². The number of ketones is 1. The number of benzene rings is 1. The van der Waals surface area contributed by atoms with Gasteiger partial charge in [0, 0.05) is 59.0 Å². The molecule has 170 valence electrons. The van der Waals surface area contributed by atoms with Crippen molar-refractivity contribution in [3.05, 3.63) is 70.6 Å². The number of aromatic nitrogens is 3. The van der Waals surface area contributed by atoms with E-state index in [2.05, 4.69) is 15.3 Å². The number of hydrogen-bond acceptors (Lipinski definition) is 6. The van der Waals surface area contributed by atoms with Crippen LogP contribution in [-0.2, 0) is 20.7 Å². The molecule has 8 nitrogen and oxygen atoms in total. The van der Waals surface area contributed by atoms with E-state index in [4.69, 9.17) is 4.74 Å². The number of carbonyl (C=O) groups excluding carboxylic acids is 3. The number of fused-ring (bicyclic) bond motifs is 1. The number of esters is 1. The Balaban J connectivity index is 1.47. The highest BCUT2D eigenvalue weighted by molar-refractivity contribution is 7.12. The fourth-order valence-electron chi connectivity index (χ4n) is 3.94. The van der Waals surface area contributed by atoms with Crippen LogP contribution in [0.25, 0.3) is 16.0 Å². The minimum atomic E-state index is -0.905. The molecule has 3 aromatic heterocycles. The summed E-state index contributed by atoms with van der Waals surface area (Å²) in [7, 11) is 0. The van der Waals surface area contributed by atoms with E-state index >= 15 is 0 Å². The first-order chi connectivity index (χ1) is 15.8. The molecule has 33 heavy (non-hydrogen) atoms. The Morgan fingerprint density at radius 2 is 2.03 bits per heavy atom. The number of carbonyl (C=O) groups is 3. The quantitative estimate of drug-likeness (QED) is 0.307. The lowest BCUT2D eigenvalue weighted by atomic mass is 10.0. The first-order valence-corrected chi connectivity index (χ1v) is 11.3. The van der Waals surface area contributed by atoms with Crippen LogP contribution in [0, 0.1) is 13.8 Å². The molecule has 4 aromatic rings. The number of nitrogens with one attached hydrogen (secondary N) is 2. The van der Waals surface area contributed by atoms with E-state index in [1.54, 1.807) is 12.3 Å². The topological polar surface area (TPSA) is 106 Å². The summed E-state index contributed by atoms with van der Waals surface area (Å²) in [5.41, 5.74) is 3.89. The first kappa shape index (κ1) is 22.5. The lowest BCUT2D eigenvalue weighted by Crippen LogP contribution is -2.42. The molecule has 9 heteroatoms. The van der Waals surface area contributed by atoms with Gasteiger partial charge in [-0.2, -0.15) is 0 Å². The molecule has 1 atom stereocenters. The number of ether oxygens (including phenoxy) is 1. The molecule has 0 aliphatic rings. The van der Waals surface area contributed by atoms with Crippen LogP contribution in [0.4, 0.5) is 0 Å². The number of para-hydroxylation sites is 1. The van der Waals surface area contributed by atoms with Crippen molar-refractivity contribution >= 4 is 39.9 Å². The van der Waals surface area contributed by atoms with E-state index in [0.717, 1.165) is 33.0 Å². The van der Waals surface area contributed by atoms with Crippen LogP contribution in [0.3, 0.4) is 0 Å². The second-order valence-corrected chi connectivity index (χ2v) is 8.66. The zero-order valence-corrected chi connectivity index (χ0v) is 19.4. The molecule has 0 bridgehead atoms. The van der Waals surface area contributed by atoms with E-state index in [1.165, 1.54) is 18.3 Å². The normalized spacial score (nSPS) is 12.0. The van der Waals surface area contributed by atoms with Gasteiger partial charge in [-0.15, -0.1) is 11.3 Å². The highest BCUT2D eigenvalue weighted by Crippen LogP contribution is 2.23. The van der Waals surface area contributed by atoms with Crippen LogP contribution in [0.2, 0.25) is 0 Å². The molecule has 0 spiro atoms. The van der Waals surface area contributed by atoms with E-state index in [1.807, 2.05) is 54.3 Å². The van der Waals surface area contributed by atoms with E-state index in [0.29, 0.717) is 5.56 Å². The number of H-pyrrole nitrogens is 1. The van der Waals surface area contributed by atoms with Gasteiger partial charge in [0.2, 0.25) is 11.7 Å². The van der Waals surface area contributed by atoms with Gasteiger partial charge in [0.15, 0.2) is 11.7 Å². The number of aryl methyl sites for hydroxylation is 1. The summed E-state index contributed by atoms with van der Waals surface area (Å²) in [5.74, 6) is -1.32. The Kier molecular flexibility index (Phi) is 6.41. The van der Waals surface area contributed by atoms with Gasteiger partial charge in [0.05, 0.1) is 0 Å². The number of amides is 1. The molecule has 1 unspecified atom stereocenters. The maximum Gasteiger partial charge on any atom is 0.329 e. The molecular weight excluding hydrogens is 440 g/mol. The van der Waals surface area contributed by atoms with E-state index in [9.17, 15) is 14.4 Å². The van der Waals surface area contributed by atoms with Crippen LogP contribution in [0.15, 0.2) is 48.1 Å². The van der Waals surface area contributed by atoms with Gasteiger partial charge in [0.1, 0.15) is 6.04 Å². The second kappa shape index (κ2) is 9.41. The van der Waals surface area contributed by atoms with Crippen LogP contribution in [-0.4, -0.2) is 44.8 Å². The Hall–Kier alpha value is -3.72. The van der Waals surface area contributed by atoms with Gasteiger partial charge >= 0.3 is 5.97 Å². The van der Waals surface area contributed by atoms with Crippen LogP contribution in [0.1, 0.15) is 34.2 Å². The molecule has 1 amide bonds. The zero-order chi connectivity index (χ0) is 23.5. The van der Waals surface area contributed by atoms with Gasteiger partial charge in [-0.05, 0) is 31.5 Å². The van der Waals surface area contributed by atoms with Gasteiger partial charge in [-0.3, -0.25) is 14.2 Å². The SMILES string of the molecule is CC(=O)NC(Cc1c[nH]c2ccccc12)C(=O)OCC(=O)c1cc(C)n(-c2nccs2)c1C. The minimum Gasteiger partial charge on any atom is -0.456 e. The van der Waals surface area contributed by atoms with Crippen molar-refractivity contribution in [2.45, 2.75) is 33.2 Å². The smallest absolute Gasteiger partial charge is 0.329 e. The van der Waals surface area contributed by atoms with E-state index in [-0.39, 0.29) is 18.1 Å². The predicted molar refractivity (Wildman–Crippen MR) is 126 cm³/mol. The minimum absolute atomic E-state index is 0.245. The number of hydrogen-bond donors (Lipinski definition) is 2. The fourth-order valence-corrected chi connectivity index (χ4v) is 4.69. The average Bonchev–Trinajstić information content (AvgIpc) is 3.51. The third kappa shape index (κ3) is 4.73. The molecule has 0 aliphatic heterocycles. The Bertz CT molecular complexity index is 1320. The number of thiazole rings is 1. The molecule has 3 heterocycles. The van der Waals surface area contributed by atoms with Crippen molar-refractivity contribution in [1.29, 1.82) is 0 Å². The first-order valence-electron chi connectivity index (χ1n) is 10.5. The monoisotopic (exact) mass is 464 g/mol. The van der Waals surface area contributed by atoms with Gasteiger partial charge < -0.3 is 15.0 Å². The molecule has 0 radical (unpaired) electrons. The van der Waals surface area contributed by atoms with Gasteiger partial charge in [-0.25, -0.2) is 9.78 Å². The summed E-state index contributed by atoms with van der Waals surface area (Å²) in [5, 5.41) is 6.24. The molecule has 0 saturated carbocycles. The highest BCUT2D eigenvalue weighted by atomic mass is 32.1. The van der Waals surface area contributed by atoms with Gasteiger partial charge in [-0.1, -0.05) is 18.2 Å². The largest absolute Gasteiger partial charge is 0.456 e. The van der Waals surface area contributed by atoms with Crippen LogP contribution in [0.5, 0.6) is 0 Å². The van der Waals surface area contributed by atoms with Crippen molar-refractivity contribution in [1.82, 2.24) is 19.9 Å². The third-order valence-corrected chi connectivity index (χ3v) is 6.21. The van der Waals surface area contributed by atoms with Crippen molar-refractivity contribution in [3.63, 3.8) is 0 Å². The number of aromatic amines is 1. The number of rotatable bonds is 8. The molecule has 2 N–H and O–H groups in total. The fraction of sp³-hybridized carbons (Fsp3) is 0.250. The summed E-state index contributed by atoms with van der Waals surface area (Å²) >= 11 is 1.47. The van der Waals surface area contributed by atoms with Crippen LogP contribution < -0.4 is 5.32 Å². The summed E-state index contributed by atoms with van der Waals surface area (Å²) in [6.07, 6.45) is 3.76. The summed E-state index contributed by atoms with van der Waals surface area (Å²) in [6, 6.07) is 8.57. The zero-order valence-electron chi connectivity index (χ0n) is 18.5. The lowest BCUT2D eigenvalue weighted by Gasteiger charge is -2.16. The van der Waals surface area contributed by atoms with Crippen molar-refractivity contribution in [2.75, 3.05) is 6.61 Å². The highest BCUT2D eigenvalue weighted by Gasteiger charge is 2.25. The predicted octanol–water partition coefficient (Wildman–Crippen LogP) is 3.51. The molecule has 0 fully saturated rings. The molecule has 0 aliphatic carbocycles. The van der Waals surface area contributed by atoms with Crippen molar-refractivity contribution < 1.29 is 19.1 Å².